The minimum atomic E-state index is 0.390. The summed E-state index contributed by atoms with van der Waals surface area (Å²) in [4.78, 5) is 4.36. The van der Waals surface area contributed by atoms with Crippen molar-refractivity contribution < 1.29 is 0 Å². The highest BCUT2D eigenvalue weighted by Gasteiger charge is 2.55. The molecule has 0 bridgehead atoms. The van der Waals surface area contributed by atoms with E-state index in [2.05, 4.69) is 28.6 Å². The van der Waals surface area contributed by atoms with Crippen molar-refractivity contribution in [1.29, 1.82) is 0 Å². The molecule has 3 aliphatic rings. The fourth-order valence-corrected chi connectivity index (χ4v) is 4.60. The average molecular weight is 256 g/mol. The van der Waals surface area contributed by atoms with Crippen LogP contribution in [0.25, 0.3) is 0 Å². The number of hydrogen-bond donors (Lipinski definition) is 1. The summed E-state index contributed by atoms with van der Waals surface area (Å²) in [6.45, 7) is 1.17. The molecule has 1 heterocycles. The van der Waals surface area contributed by atoms with Crippen molar-refractivity contribution in [1.82, 2.24) is 10.3 Å². The number of hydrogen-bond acceptors (Lipinski definition) is 2. The quantitative estimate of drug-likeness (QED) is 0.893. The van der Waals surface area contributed by atoms with Crippen molar-refractivity contribution in [2.24, 2.45) is 5.41 Å². The van der Waals surface area contributed by atoms with Crippen molar-refractivity contribution in [2.45, 2.75) is 62.8 Å². The third kappa shape index (κ3) is 2.10. The maximum atomic E-state index is 4.36. The van der Waals surface area contributed by atoms with Crippen LogP contribution in [0.5, 0.6) is 0 Å². The number of rotatable bonds is 4. The maximum absolute atomic E-state index is 4.36. The van der Waals surface area contributed by atoms with Crippen LogP contribution in [-0.2, 0) is 5.41 Å². The first kappa shape index (κ1) is 11.9. The summed E-state index contributed by atoms with van der Waals surface area (Å²) in [6.07, 6.45) is 15.4. The summed E-state index contributed by atoms with van der Waals surface area (Å²) in [5, 5.41) is 3.78. The van der Waals surface area contributed by atoms with Crippen molar-refractivity contribution in [3.8, 4) is 0 Å². The van der Waals surface area contributed by atoms with Crippen LogP contribution in [0, 0.1) is 5.41 Å². The van der Waals surface area contributed by atoms with Gasteiger partial charge in [0, 0.05) is 30.4 Å². The molecule has 1 aromatic rings. The van der Waals surface area contributed by atoms with Crippen molar-refractivity contribution >= 4 is 0 Å². The van der Waals surface area contributed by atoms with Crippen molar-refractivity contribution in [2.75, 3.05) is 6.54 Å². The highest BCUT2D eigenvalue weighted by molar-refractivity contribution is 5.29. The van der Waals surface area contributed by atoms with Gasteiger partial charge in [0.15, 0.2) is 0 Å². The number of nitrogens with one attached hydrogen (secondary N) is 1. The molecule has 0 saturated heterocycles. The van der Waals surface area contributed by atoms with Gasteiger partial charge in [-0.25, -0.2) is 0 Å². The molecule has 3 aliphatic carbocycles. The number of nitrogens with zero attached hydrogens (tertiary/aromatic N) is 1. The van der Waals surface area contributed by atoms with E-state index in [4.69, 9.17) is 0 Å². The Bertz CT molecular complexity index is 436. The van der Waals surface area contributed by atoms with Crippen LogP contribution in [0.4, 0.5) is 0 Å². The van der Waals surface area contributed by atoms with Crippen LogP contribution in [0.15, 0.2) is 24.5 Å². The second-order valence-corrected chi connectivity index (χ2v) is 7.24. The Labute approximate surface area is 116 Å². The average Bonchev–Trinajstić information content (AvgIpc) is 3.12. The minimum absolute atomic E-state index is 0.390. The monoisotopic (exact) mass is 256 g/mol. The van der Waals surface area contributed by atoms with Gasteiger partial charge in [0.05, 0.1) is 0 Å². The van der Waals surface area contributed by atoms with E-state index in [9.17, 15) is 0 Å². The minimum Gasteiger partial charge on any atom is -0.313 e. The summed E-state index contributed by atoms with van der Waals surface area (Å²) >= 11 is 0. The summed E-state index contributed by atoms with van der Waals surface area (Å²) in [6, 6.07) is 5.21. The molecule has 1 N–H and O–H groups in total. The summed E-state index contributed by atoms with van der Waals surface area (Å²) in [7, 11) is 0. The molecule has 3 fully saturated rings. The lowest BCUT2D eigenvalue weighted by Crippen LogP contribution is -2.54. The van der Waals surface area contributed by atoms with Crippen LogP contribution in [0.1, 0.15) is 56.9 Å². The van der Waals surface area contributed by atoms with E-state index in [-0.39, 0.29) is 0 Å². The number of pyridine rings is 1. The Kier molecular flexibility index (Phi) is 2.70. The zero-order valence-corrected chi connectivity index (χ0v) is 11.7. The van der Waals surface area contributed by atoms with Gasteiger partial charge in [-0.05, 0) is 55.6 Å². The smallest absolute Gasteiger partial charge is 0.0306 e. The van der Waals surface area contributed by atoms with Gasteiger partial charge < -0.3 is 5.32 Å². The summed E-state index contributed by atoms with van der Waals surface area (Å²) in [5.41, 5.74) is 2.56. The van der Waals surface area contributed by atoms with Gasteiger partial charge >= 0.3 is 0 Å². The number of aromatic nitrogens is 1. The molecule has 2 heteroatoms. The molecule has 2 nitrogen and oxygen atoms in total. The first-order valence-electron chi connectivity index (χ1n) is 7.94. The SMILES string of the molecule is c1cncc(C2(CNC3CC3)CC3(CCCC3)C2)c1. The van der Waals surface area contributed by atoms with E-state index in [1.54, 1.807) is 0 Å². The molecule has 102 valence electrons. The van der Waals surface area contributed by atoms with Crippen LogP contribution in [0.3, 0.4) is 0 Å². The summed E-state index contributed by atoms with van der Waals surface area (Å²) < 4.78 is 0. The third-order valence-electron chi connectivity index (χ3n) is 5.67. The molecule has 1 aromatic heterocycles. The molecule has 19 heavy (non-hydrogen) atoms. The molecule has 0 atom stereocenters. The normalized spacial score (nSPS) is 27.4. The fraction of sp³-hybridized carbons (Fsp3) is 0.706. The lowest BCUT2D eigenvalue weighted by atomic mass is 9.50. The second-order valence-electron chi connectivity index (χ2n) is 7.24. The Balaban J connectivity index is 1.54. The van der Waals surface area contributed by atoms with Gasteiger partial charge in [-0.15, -0.1) is 0 Å². The highest BCUT2D eigenvalue weighted by Crippen LogP contribution is 2.62. The Morgan fingerprint density at radius 1 is 1.21 bits per heavy atom. The first-order valence-corrected chi connectivity index (χ1v) is 7.94. The highest BCUT2D eigenvalue weighted by atomic mass is 15.0. The van der Waals surface area contributed by atoms with Crippen LogP contribution in [0.2, 0.25) is 0 Å². The van der Waals surface area contributed by atoms with E-state index in [1.165, 1.54) is 63.5 Å². The molecule has 0 radical (unpaired) electrons. The molecule has 0 aromatic carbocycles. The Morgan fingerprint density at radius 3 is 2.63 bits per heavy atom. The maximum Gasteiger partial charge on any atom is 0.0306 e. The molecular formula is C17H24N2. The molecular weight excluding hydrogens is 232 g/mol. The van der Waals surface area contributed by atoms with Crippen LogP contribution < -0.4 is 5.32 Å². The van der Waals surface area contributed by atoms with Gasteiger partial charge in [0.2, 0.25) is 0 Å². The Morgan fingerprint density at radius 2 is 2.00 bits per heavy atom. The Hall–Kier alpha value is -0.890. The molecule has 1 spiro atoms. The largest absolute Gasteiger partial charge is 0.313 e. The molecule has 4 rings (SSSR count). The molecule has 3 saturated carbocycles. The van der Waals surface area contributed by atoms with Crippen LogP contribution >= 0.6 is 0 Å². The summed E-state index contributed by atoms with van der Waals surface area (Å²) in [5.74, 6) is 0. The second kappa shape index (κ2) is 4.31. The van der Waals surface area contributed by atoms with E-state index < -0.39 is 0 Å². The van der Waals surface area contributed by atoms with E-state index in [0.29, 0.717) is 10.8 Å². The molecule has 0 amide bonds. The van der Waals surface area contributed by atoms with Gasteiger partial charge in [-0.1, -0.05) is 18.9 Å². The van der Waals surface area contributed by atoms with Gasteiger partial charge in [-0.3, -0.25) is 4.98 Å². The predicted octanol–water partition coefficient (Wildman–Crippen LogP) is 3.43. The standard InChI is InChI=1S/C17H24N2/c1-2-8-16(7-1)11-17(12-16,13-19-15-5-6-15)14-4-3-9-18-10-14/h3-4,9-10,15,19H,1-2,5-8,11-13H2. The van der Waals surface area contributed by atoms with E-state index in [0.717, 1.165) is 6.04 Å². The fourth-order valence-electron chi connectivity index (χ4n) is 4.60. The van der Waals surface area contributed by atoms with Crippen molar-refractivity contribution in [3.05, 3.63) is 30.1 Å². The zero-order chi connectivity index (χ0) is 12.8. The lowest BCUT2D eigenvalue weighted by molar-refractivity contribution is 0.0265. The predicted molar refractivity (Wildman–Crippen MR) is 77.1 cm³/mol. The molecule has 0 aliphatic heterocycles. The zero-order valence-electron chi connectivity index (χ0n) is 11.7. The van der Waals surface area contributed by atoms with Gasteiger partial charge in [-0.2, -0.15) is 0 Å². The van der Waals surface area contributed by atoms with Crippen LogP contribution in [-0.4, -0.2) is 17.6 Å². The van der Waals surface area contributed by atoms with E-state index >= 15 is 0 Å². The lowest BCUT2D eigenvalue weighted by Gasteiger charge is -2.56. The van der Waals surface area contributed by atoms with Gasteiger partial charge in [0.25, 0.3) is 0 Å². The molecule has 0 unspecified atom stereocenters. The van der Waals surface area contributed by atoms with Crippen molar-refractivity contribution in [3.63, 3.8) is 0 Å². The van der Waals surface area contributed by atoms with E-state index in [1.807, 2.05) is 6.20 Å². The van der Waals surface area contributed by atoms with Gasteiger partial charge in [0.1, 0.15) is 0 Å². The topological polar surface area (TPSA) is 24.9 Å². The third-order valence-corrected chi connectivity index (χ3v) is 5.67. The first-order chi connectivity index (χ1) is 9.30.